The molecule has 2 rings (SSSR count). The third kappa shape index (κ3) is 30.6. The standard InChI is InChI=1S/C23H36O9S.C22H34O8S/c1-4-28-22(24)10-9-16-30-20-12-13-21(19(18-20)11-14-23(25)29-5-2)31-15-7-6-8-17-32-33(3,26)27;1-27-21(23)10-8-15-29-20-13-11-18(19(17-20)12-14-22(24)28-2)9-6-4-5-7-16-30-31(3,25)26/h12-13,18H,4-11,14-17H2,1-3H3;11,13,17H,4-10,12,14-16H2,1-3H3. The Morgan fingerprint density at radius 3 is 1.45 bits per heavy atom. The summed E-state index contributed by atoms with van der Waals surface area (Å²) in [5, 5.41) is 0. The van der Waals surface area contributed by atoms with E-state index in [9.17, 15) is 36.0 Å². The number of aryl methyl sites for hydroxylation is 3. The van der Waals surface area contributed by atoms with Crippen molar-refractivity contribution < 1.29 is 77.5 Å². The van der Waals surface area contributed by atoms with Gasteiger partial charge in [-0.25, -0.2) is 0 Å². The van der Waals surface area contributed by atoms with E-state index in [2.05, 4.69) is 4.74 Å². The first-order valence-corrected chi connectivity index (χ1v) is 25.4. The van der Waals surface area contributed by atoms with E-state index >= 15 is 0 Å². The minimum absolute atomic E-state index is 0.159. The lowest BCUT2D eigenvalue weighted by atomic mass is 9.97. The molecule has 0 heterocycles. The second-order valence-electron chi connectivity index (χ2n) is 14.5. The summed E-state index contributed by atoms with van der Waals surface area (Å²) in [5.41, 5.74) is 3.01. The number of carbonyl (C=O) groups is 4. The third-order valence-corrected chi connectivity index (χ3v) is 10.2. The van der Waals surface area contributed by atoms with Crippen LogP contribution in [0.1, 0.15) is 114 Å². The molecule has 0 spiro atoms. The monoisotopic (exact) mass is 946 g/mol. The van der Waals surface area contributed by atoms with Crippen molar-refractivity contribution >= 4 is 44.1 Å². The molecule has 0 N–H and O–H groups in total. The second-order valence-corrected chi connectivity index (χ2v) is 17.8. The van der Waals surface area contributed by atoms with E-state index in [1.165, 1.54) is 14.2 Å². The Balaban J connectivity index is 0.000000641. The van der Waals surface area contributed by atoms with Crippen LogP contribution in [0.4, 0.5) is 0 Å². The molecule has 0 bridgehead atoms. The number of hydrogen-bond donors (Lipinski definition) is 0. The zero-order valence-corrected chi connectivity index (χ0v) is 40.1. The molecule has 0 aliphatic heterocycles. The molecule has 0 aromatic heterocycles. The third-order valence-electron chi connectivity index (χ3n) is 9.04. The van der Waals surface area contributed by atoms with Gasteiger partial charge in [0.25, 0.3) is 20.2 Å². The summed E-state index contributed by atoms with van der Waals surface area (Å²) < 4.78 is 89.9. The van der Waals surface area contributed by atoms with E-state index < -0.39 is 20.2 Å². The summed E-state index contributed by atoms with van der Waals surface area (Å²) in [6.45, 7) is 5.81. The highest BCUT2D eigenvalue weighted by atomic mass is 32.2. The van der Waals surface area contributed by atoms with E-state index in [1.807, 2.05) is 24.3 Å². The Hall–Kier alpha value is -4.46. The number of rotatable bonds is 34. The van der Waals surface area contributed by atoms with E-state index in [0.717, 1.165) is 67.7 Å². The van der Waals surface area contributed by atoms with Gasteiger partial charge in [0.1, 0.15) is 17.2 Å². The molecule has 0 radical (unpaired) electrons. The van der Waals surface area contributed by atoms with Crippen molar-refractivity contribution in [3.05, 3.63) is 53.1 Å². The summed E-state index contributed by atoms with van der Waals surface area (Å²) in [6.07, 6.45) is 11.7. The molecule has 2 aromatic rings. The van der Waals surface area contributed by atoms with Crippen molar-refractivity contribution in [1.82, 2.24) is 0 Å². The average molecular weight is 947 g/mol. The Labute approximate surface area is 380 Å². The van der Waals surface area contributed by atoms with Crippen LogP contribution in [0.2, 0.25) is 0 Å². The molecule has 0 unspecified atom stereocenters. The molecule has 0 aliphatic carbocycles. The van der Waals surface area contributed by atoms with E-state index in [0.29, 0.717) is 102 Å². The second kappa shape index (κ2) is 34.0. The highest BCUT2D eigenvalue weighted by Gasteiger charge is 2.12. The van der Waals surface area contributed by atoms with Crippen molar-refractivity contribution in [3.8, 4) is 17.2 Å². The normalized spacial score (nSPS) is 11.2. The maximum atomic E-state index is 11.8. The van der Waals surface area contributed by atoms with Crippen LogP contribution >= 0.6 is 0 Å². The van der Waals surface area contributed by atoms with Crippen LogP contribution < -0.4 is 14.2 Å². The SMILES string of the molecule is CCOC(=O)CCCOc1ccc(OCCCCCOS(C)(=O)=O)c(CCC(=O)OCC)c1.COC(=O)CCCOc1ccc(CCCCCCOS(C)(=O)=O)c(CCC(=O)OC)c1. The van der Waals surface area contributed by atoms with Crippen LogP contribution in [0, 0.1) is 0 Å². The van der Waals surface area contributed by atoms with E-state index in [1.54, 1.807) is 26.0 Å². The molecule has 64 heavy (non-hydrogen) atoms. The number of methoxy groups -OCH3 is 2. The molecule has 0 fully saturated rings. The van der Waals surface area contributed by atoms with Crippen LogP contribution in [0.15, 0.2) is 36.4 Å². The lowest BCUT2D eigenvalue weighted by Gasteiger charge is -2.14. The van der Waals surface area contributed by atoms with Crippen LogP contribution in [0.25, 0.3) is 0 Å². The van der Waals surface area contributed by atoms with Gasteiger partial charge in [0.05, 0.1) is 73.0 Å². The van der Waals surface area contributed by atoms with Gasteiger partial charge in [0.15, 0.2) is 0 Å². The van der Waals surface area contributed by atoms with E-state index in [-0.39, 0.29) is 49.9 Å². The molecule has 364 valence electrons. The summed E-state index contributed by atoms with van der Waals surface area (Å²) >= 11 is 0. The first kappa shape index (κ1) is 57.6. The molecule has 17 nitrogen and oxygen atoms in total. The Bertz CT molecular complexity index is 1880. The maximum absolute atomic E-state index is 11.8. The van der Waals surface area contributed by atoms with Crippen LogP contribution in [0.5, 0.6) is 17.2 Å². The van der Waals surface area contributed by atoms with Gasteiger partial charge in [-0.3, -0.25) is 27.5 Å². The fraction of sp³-hybridized carbons (Fsp3) is 0.644. The van der Waals surface area contributed by atoms with Gasteiger partial charge in [-0.2, -0.15) is 16.8 Å². The van der Waals surface area contributed by atoms with Crippen LogP contribution in [-0.2, 0) is 86.0 Å². The number of unbranched alkanes of at least 4 members (excludes halogenated alkanes) is 5. The summed E-state index contributed by atoms with van der Waals surface area (Å²) in [4.78, 5) is 45.9. The maximum Gasteiger partial charge on any atom is 0.306 e. The highest BCUT2D eigenvalue weighted by Crippen LogP contribution is 2.27. The highest BCUT2D eigenvalue weighted by molar-refractivity contribution is 7.86. The predicted octanol–water partition coefficient (Wildman–Crippen LogP) is 6.63. The predicted molar refractivity (Wildman–Crippen MR) is 239 cm³/mol. The van der Waals surface area contributed by atoms with Gasteiger partial charge in [-0.1, -0.05) is 18.9 Å². The minimum atomic E-state index is -3.41. The molecule has 0 atom stereocenters. The molecule has 19 heteroatoms. The van der Waals surface area contributed by atoms with Crippen molar-refractivity contribution in [3.63, 3.8) is 0 Å². The van der Waals surface area contributed by atoms with Crippen LogP contribution in [0.3, 0.4) is 0 Å². The first-order chi connectivity index (χ1) is 30.5. The molecule has 0 aliphatic rings. The minimum Gasteiger partial charge on any atom is -0.494 e. The Morgan fingerprint density at radius 2 is 0.891 bits per heavy atom. The molecular formula is C45H70O17S2. The van der Waals surface area contributed by atoms with Gasteiger partial charge in [0, 0.05) is 25.7 Å². The van der Waals surface area contributed by atoms with Crippen molar-refractivity contribution in [2.24, 2.45) is 0 Å². The van der Waals surface area contributed by atoms with Gasteiger partial charge in [-0.15, -0.1) is 0 Å². The molecule has 0 saturated carbocycles. The number of ether oxygens (including phenoxy) is 7. The van der Waals surface area contributed by atoms with Crippen LogP contribution in [-0.4, -0.2) is 114 Å². The summed E-state index contributed by atoms with van der Waals surface area (Å²) in [7, 11) is -4.05. The number of carbonyl (C=O) groups excluding carboxylic acids is 4. The van der Waals surface area contributed by atoms with Gasteiger partial charge >= 0.3 is 23.9 Å². The Morgan fingerprint density at radius 1 is 0.453 bits per heavy atom. The van der Waals surface area contributed by atoms with Gasteiger partial charge < -0.3 is 33.2 Å². The average Bonchev–Trinajstić information content (AvgIpc) is 3.24. The van der Waals surface area contributed by atoms with Crippen molar-refractivity contribution in [1.29, 1.82) is 0 Å². The molecule has 2 aromatic carbocycles. The largest absolute Gasteiger partial charge is 0.494 e. The lowest BCUT2D eigenvalue weighted by molar-refractivity contribution is -0.144. The zero-order valence-electron chi connectivity index (χ0n) is 38.5. The number of esters is 4. The number of benzene rings is 2. The van der Waals surface area contributed by atoms with Gasteiger partial charge in [-0.05, 0) is 125 Å². The van der Waals surface area contributed by atoms with Crippen molar-refractivity contribution in [2.45, 2.75) is 117 Å². The lowest BCUT2D eigenvalue weighted by Crippen LogP contribution is -2.08. The molecule has 0 saturated heterocycles. The zero-order chi connectivity index (χ0) is 47.6. The quantitative estimate of drug-likeness (QED) is 0.0311. The first-order valence-electron chi connectivity index (χ1n) is 21.8. The smallest absolute Gasteiger partial charge is 0.306 e. The topological polar surface area (TPSA) is 220 Å². The van der Waals surface area contributed by atoms with Crippen molar-refractivity contribution in [2.75, 3.05) is 73.0 Å². The summed E-state index contributed by atoms with van der Waals surface area (Å²) in [6, 6.07) is 11.3. The van der Waals surface area contributed by atoms with Gasteiger partial charge in [0.2, 0.25) is 0 Å². The molecule has 0 amide bonds. The Kier molecular flexibility index (Phi) is 30.5. The fourth-order valence-corrected chi connectivity index (χ4v) is 6.70. The number of hydrogen-bond acceptors (Lipinski definition) is 17. The van der Waals surface area contributed by atoms with E-state index in [4.69, 9.17) is 36.8 Å². The summed E-state index contributed by atoms with van der Waals surface area (Å²) in [5.74, 6) is 0.930. The fourth-order valence-electron chi connectivity index (χ4n) is 5.86. The molecular weight excluding hydrogens is 877 g/mol.